The zero-order valence-corrected chi connectivity index (χ0v) is 16.1. The van der Waals surface area contributed by atoms with Crippen LogP contribution in [0.25, 0.3) is 0 Å². The minimum atomic E-state index is -0.752. The number of ether oxygens (including phenoxy) is 2. The van der Waals surface area contributed by atoms with Gasteiger partial charge in [-0.2, -0.15) is 5.10 Å². The van der Waals surface area contributed by atoms with E-state index in [4.69, 9.17) is 21.1 Å². The van der Waals surface area contributed by atoms with Crippen LogP contribution in [-0.2, 0) is 4.79 Å². The maximum atomic E-state index is 11.8. The van der Waals surface area contributed by atoms with Crippen LogP contribution in [-0.4, -0.2) is 35.9 Å². The molecule has 10 heteroatoms. The number of amides is 1. The number of carbonyl (C=O) groups excluding carboxylic acids is 1. The summed E-state index contributed by atoms with van der Waals surface area (Å²) in [5.41, 5.74) is 3.63. The molecular weight excluding hydrogens is 390 g/mol. The van der Waals surface area contributed by atoms with E-state index in [2.05, 4.69) is 10.5 Å². The molecule has 0 fully saturated rings. The van der Waals surface area contributed by atoms with Gasteiger partial charge in [0.2, 0.25) is 5.75 Å². The molecule has 28 heavy (non-hydrogen) atoms. The van der Waals surface area contributed by atoms with E-state index in [9.17, 15) is 20.0 Å². The highest BCUT2D eigenvalue weighted by molar-refractivity contribution is 6.32. The molecule has 0 aliphatic heterocycles. The third-order valence-corrected chi connectivity index (χ3v) is 4.27. The van der Waals surface area contributed by atoms with Gasteiger partial charge in [0.05, 0.1) is 18.2 Å². The van der Waals surface area contributed by atoms with Crippen LogP contribution in [0.3, 0.4) is 0 Å². The van der Waals surface area contributed by atoms with Crippen molar-refractivity contribution in [2.45, 2.75) is 13.8 Å². The van der Waals surface area contributed by atoms with Gasteiger partial charge in [0.15, 0.2) is 12.4 Å². The normalized spacial score (nSPS) is 10.7. The maximum Gasteiger partial charge on any atom is 0.315 e. The Kier molecular flexibility index (Phi) is 6.78. The Labute approximate surface area is 165 Å². The SMILES string of the molecule is COc1cc(/C=N/NC(=O)COc2cc(C)c(Cl)c(C)c2)cc([N+](=O)[O-])c1O. The zero-order valence-electron chi connectivity index (χ0n) is 15.4. The molecule has 0 spiro atoms. The van der Waals surface area contributed by atoms with Crippen molar-refractivity contribution in [3.63, 3.8) is 0 Å². The third kappa shape index (κ3) is 5.10. The molecule has 0 aliphatic carbocycles. The summed E-state index contributed by atoms with van der Waals surface area (Å²) in [6.07, 6.45) is 1.18. The van der Waals surface area contributed by atoms with E-state index < -0.39 is 22.3 Å². The van der Waals surface area contributed by atoms with Gasteiger partial charge in [-0.1, -0.05) is 11.6 Å². The van der Waals surface area contributed by atoms with Crippen molar-refractivity contribution >= 4 is 29.4 Å². The summed E-state index contributed by atoms with van der Waals surface area (Å²) < 4.78 is 10.3. The Morgan fingerprint density at radius 2 is 1.96 bits per heavy atom. The Balaban J connectivity index is 2.00. The number of hydrazone groups is 1. The molecule has 1 amide bonds. The Hall–Kier alpha value is -3.33. The predicted molar refractivity (Wildman–Crippen MR) is 103 cm³/mol. The van der Waals surface area contributed by atoms with E-state index in [1.165, 1.54) is 19.4 Å². The quantitative estimate of drug-likeness (QED) is 0.413. The van der Waals surface area contributed by atoms with E-state index in [1.54, 1.807) is 12.1 Å². The van der Waals surface area contributed by atoms with E-state index in [0.717, 1.165) is 17.2 Å². The van der Waals surface area contributed by atoms with Crippen LogP contribution in [0.4, 0.5) is 5.69 Å². The monoisotopic (exact) mass is 407 g/mol. The van der Waals surface area contributed by atoms with Crippen LogP contribution in [0.5, 0.6) is 17.2 Å². The van der Waals surface area contributed by atoms with E-state index in [0.29, 0.717) is 10.8 Å². The smallest absolute Gasteiger partial charge is 0.315 e. The predicted octanol–water partition coefficient (Wildman–Crippen LogP) is 3.11. The Bertz CT molecular complexity index is 922. The number of rotatable bonds is 7. The van der Waals surface area contributed by atoms with Crippen LogP contribution in [0.2, 0.25) is 5.02 Å². The summed E-state index contributed by atoms with van der Waals surface area (Å²) in [6, 6.07) is 5.87. The molecule has 0 saturated carbocycles. The number of phenols is 1. The van der Waals surface area contributed by atoms with Gasteiger partial charge in [-0.25, -0.2) is 5.43 Å². The number of aromatic hydroxyl groups is 1. The van der Waals surface area contributed by atoms with Crippen LogP contribution in [0.1, 0.15) is 16.7 Å². The molecule has 148 valence electrons. The molecule has 0 saturated heterocycles. The largest absolute Gasteiger partial charge is 0.500 e. The number of nitrogens with one attached hydrogen (secondary N) is 1. The molecule has 2 aromatic carbocycles. The molecule has 0 unspecified atom stereocenters. The van der Waals surface area contributed by atoms with Gasteiger partial charge in [-0.05, 0) is 43.2 Å². The standard InChI is InChI=1S/C18H18ClN3O6/c1-10-4-13(5-11(2)17(10)19)28-9-16(23)21-20-8-12-6-14(22(25)26)18(24)15(7-12)27-3/h4-8,24H,9H2,1-3H3,(H,21,23)/b20-8+. The minimum Gasteiger partial charge on any atom is -0.500 e. The van der Waals surface area contributed by atoms with Gasteiger partial charge in [0.1, 0.15) is 5.75 Å². The third-order valence-electron chi connectivity index (χ3n) is 3.68. The number of nitrogens with zero attached hydrogens (tertiary/aromatic N) is 2. The number of phenolic OH excluding ortho intramolecular Hbond substituents is 1. The summed E-state index contributed by atoms with van der Waals surface area (Å²) in [7, 11) is 1.26. The minimum absolute atomic E-state index is 0.0845. The van der Waals surface area contributed by atoms with Crippen molar-refractivity contribution in [3.05, 3.63) is 56.1 Å². The van der Waals surface area contributed by atoms with Crippen LogP contribution < -0.4 is 14.9 Å². The number of hydrogen-bond donors (Lipinski definition) is 2. The molecular formula is C18H18ClN3O6. The second-order valence-electron chi connectivity index (χ2n) is 5.80. The molecule has 0 bridgehead atoms. The number of carbonyl (C=O) groups is 1. The average molecular weight is 408 g/mol. The molecule has 0 radical (unpaired) electrons. The average Bonchev–Trinajstić information content (AvgIpc) is 2.65. The van der Waals surface area contributed by atoms with Crippen molar-refractivity contribution in [1.82, 2.24) is 5.43 Å². The molecule has 0 aliphatic rings. The van der Waals surface area contributed by atoms with Crippen molar-refractivity contribution in [2.75, 3.05) is 13.7 Å². The van der Waals surface area contributed by atoms with Crippen molar-refractivity contribution in [1.29, 1.82) is 0 Å². The highest BCUT2D eigenvalue weighted by Crippen LogP contribution is 2.36. The maximum absolute atomic E-state index is 11.8. The van der Waals surface area contributed by atoms with Gasteiger partial charge >= 0.3 is 5.69 Å². The van der Waals surface area contributed by atoms with E-state index in [-0.39, 0.29) is 17.9 Å². The number of nitro groups is 1. The summed E-state index contributed by atoms with van der Waals surface area (Å²) >= 11 is 6.08. The van der Waals surface area contributed by atoms with Gasteiger partial charge in [0, 0.05) is 16.7 Å². The number of methoxy groups -OCH3 is 1. The lowest BCUT2D eigenvalue weighted by atomic mass is 10.1. The summed E-state index contributed by atoms with van der Waals surface area (Å²) in [4.78, 5) is 22.1. The lowest BCUT2D eigenvalue weighted by Crippen LogP contribution is -2.24. The van der Waals surface area contributed by atoms with Gasteiger partial charge in [0.25, 0.3) is 5.91 Å². The fourth-order valence-corrected chi connectivity index (χ4v) is 2.44. The summed E-state index contributed by atoms with van der Waals surface area (Å²) in [5.74, 6) is -0.700. The second-order valence-corrected chi connectivity index (χ2v) is 6.18. The number of hydrogen-bond acceptors (Lipinski definition) is 7. The molecule has 9 nitrogen and oxygen atoms in total. The topological polar surface area (TPSA) is 123 Å². The van der Waals surface area contributed by atoms with Crippen LogP contribution >= 0.6 is 11.6 Å². The van der Waals surface area contributed by atoms with Crippen molar-refractivity contribution < 1.29 is 24.3 Å². The molecule has 2 N–H and O–H groups in total. The Morgan fingerprint density at radius 3 is 2.54 bits per heavy atom. The van der Waals surface area contributed by atoms with E-state index >= 15 is 0 Å². The summed E-state index contributed by atoms with van der Waals surface area (Å²) in [5, 5.41) is 25.1. The first-order chi connectivity index (χ1) is 13.2. The lowest BCUT2D eigenvalue weighted by Gasteiger charge is -2.09. The molecule has 0 aromatic heterocycles. The molecule has 2 rings (SSSR count). The number of nitro benzene ring substituents is 1. The molecule has 0 atom stereocenters. The van der Waals surface area contributed by atoms with Gasteiger partial charge in [-0.3, -0.25) is 14.9 Å². The fraction of sp³-hybridized carbons (Fsp3) is 0.222. The first kappa shape index (κ1) is 21.0. The first-order valence-corrected chi connectivity index (χ1v) is 8.37. The zero-order chi connectivity index (χ0) is 20.8. The highest BCUT2D eigenvalue weighted by atomic mass is 35.5. The van der Waals surface area contributed by atoms with Crippen LogP contribution in [0, 0.1) is 24.0 Å². The Morgan fingerprint density at radius 1 is 1.32 bits per heavy atom. The number of benzene rings is 2. The second kappa shape index (κ2) is 9.05. The fourth-order valence-electron chi connectivity index (χ4n) is 2.33. The molecule has 0 heterocycles. The summed E-state index contributed by atoms with van der Waals surface area (Å²) in [6.45, 7) is 3.38. The van der Waals surface area contributed by atoms with Crippen molar-refractivity contribution in [3.8, 4) is 17.2 Å². The van der Waals surface area contributed by atoms with Crippen molar-refractivity contribution in [2.24, 2.45) is 5.10 Å². The number of halogens is 1. The van der Waals surface area contributed by atoms with Crippen LogP contribution in [0.15, 0.2) is 29.4 Å². The molecule has 2 aromatic rings. The first-order valence-electron chi connectivity index (χ1n) is 7.99. The van der Waals surface area contributed by atoms with E-state index in [1.807, 2.05) is 13.8 Å². The lowest BCUT2D eigenvalue weighted by molar-refractivity contribution is -0.386. The van der Waals surface area contributed by atoms with Gasteiger partial charge < -0.3 is 14.6 Å². The highest BCUT2D eigenvalue weighted by Gasteiger charge is 2.19. The van der Waals surface area contributed by atoms with Gasteiger partial charge in [-0.15, -0.1) is 0 Å². The number of aryl methyl sites for hydroxylation is 2.